The molecule has 3 rings (SSSR count). The number of piperazine rings is 1. The summed E-state index contributed by atoms with van der Waals surface area (Å²) in [5, 5.41) is 0. The summed E-state index contributed by atoms with van der Waals surface area (Å²) < 4.78 is 28.3. The number of anilines is 1. The van der Waals surface area contributed by atoms with E-state index in [-0.39, 0.29) is 10.8 Å². The fraction of sp³-hybridized carbons (Fsp3) is 0.316. The van der Waals surface area contributed by atoms with Gasteiger partial charge in [0, 0.05) is 49.8 Å². The SMILES string of the molecule is COc1cccc(N2CCN(C(=O)c3ccc(S(C)(=O)=O)cc3)CC2)c1. The van der Waals surface area contributed by atoms with E-state index in [0.717, 1.165) is 30.8 Å². The van der Waals surface area contributed by atoms with E-state index in [4.69, 9.17) is 4.74 Å². The van der Waals surface area contributed by atoms with Crippen LogP contribution in [0.5, 0.6) is 5.75 Å². The number of amides is 1. The zero-order chi connectivity index (χ0) is 18.7. The van der Waals surface area contributed by atoms with Gasteiger partial charge in [0.25, 0.3) is 5.91 Å². The number of methoxy groups -OCH3 is 1. The van der Waals surface area contributed by atoms with Crippen molar-refractivity contribution in [1.82, 2.24) is 4.90 Å². The number of carbonyl (C=O) groups excluding carboxylic acids is 1. The van der Waals surface area contributed by atoms with E-state index in [1.165, 1.54) is 12.1 Å². The first-order valence-corrected chi connectivity index (χ1v) is 10.3. The minimum atomic E-state index is -3.26. The van der Waals surface area contributed by atoms with Crippen molar-refractivity contribution in [2.45, 2.75) is 4.90 Å². The van der Waals surface area contributed by atoms with Crippen LogP contribution in [-0.2, 0) is 9.84 Å². The van der Waals surface area contributed by atoms with Crippen LogP contribution in [0.3, 0.4) is 0 Å². The highest BCUT2D eigenvalue weighted by molar-refractivity contribution is 7.90. The lowest BCUT2D eigenvalue weighted by Gasteiger charge is -2.36. The summed E-state index contributed by atoms with van der Waals surface area (Å²) in [5.74, 6) is 0.738. The van der Waals surface area contributed by atoms with Crippen LogP contribution in [0.4, 0.5) is 5.69 Å². The Bertz CT molecular complexity index is 886. The lowest BCUT2D eigenvalue weighted by molar-refractivity contribution is 0.0746. The third-order valence-corrected chi connectivity index (χ3v) is 5.64. The maximum atomic E-state index is 12.6. The quantitative estimate of drug-likeness (QED) is 0.820. The van der Waals surface area contributed by atoms with Crippen LogP contribution in [0.25, 0.3) is 0 Å². The van der Waals surface area contributed by atoms with Gasteiger partial charge in [0.15, 0.2) is 9.84 Å². The van der Waals surface area contributed by atoms with Crippen molar-refractivity contribution in [3.05, 3.63) is 54.1 Å². The molecule has 0 unspecified atom stereocenters. The lowest BCUT2D eigenvalue weighted by Crippen LogP contribution is -2.48. The lowest BCUT2D eigenvalue weighted by atomic mass is 10.1. The third kappa shape index (κ3) is 3.99. The molecule has 26 heavy (non-hydrogen) atoms. The van der Waals surface area contributed by atoms with Gasteiger partial charge in [0.2, 0.25) is 0 Å². The predicted molar refractivity (Wildman–Crippen MR) is 101 cm³/mol. The summed E-state index contributed by atoms with van der Waals surface area (Å²) in [6.07, 6.45) is 1.15. The van der Waals surface area contributed by atoms with Gasteiger partial charge in [-0.15, -0.1) is 0 Å². The zero-order valence-corrected chi connectivity index (χ0v) is 15.7. The molecule has 138 valence electrons. The number of carbonyl (C=O) groups is 1. The Morgan fingerprint density at radius 3 is 2.23 bits per heavy atom. The van der Waals surface area contributed by atoms with Gasteiger partial charge in [-0.2, -0.15) is 0 Å². The summed E-state index contributed by atoms with van der Waals surface area (Å²) in [5.41, 5.74) is 1.58. The van der Waals surface area contributed by atoms with Crippen molar-refractivity contribution in [3.8, 4) is 5.75 Å². The van der Waals surface area contributed by atoms with E-state index in [1.807, 2.05) is 24.3 Å². The number of hydrogen-bond donors (Lipinski definition) is 0. The van der Waals surface area contributed by atoms with Crippen molar-refractivity contribution in [2.75, 3.05) is 44.4 Å². The Hall–Kier alpha value is -2.54. The first-order valence-electron chi connectivity index (χ1n) is 8.37. The first kappa shape index (κ1) is 18.3. The molecule has 0 N–H and O–H groups in total. The molecule has 2 aromatic rings. The number of ether oxygens (including phenoxy) is 1. The fourth-order valence-electron chi connectivity index (χ4n) is 3.00. The summed E-state index contributed by atoms with van der Waals surface area (Å²) in [4.78, 5) is 16.9. The van der Waals surface area contributed by atoms with Crippen LogP contribution in [-0.4, -0.2) is 58.8 Å². The Kier molecular flexibility index (Phi) is 5.18. The van der Waals surface area contributed by atoms with Crippen LogP contribution < -0.4 is 9.64 Å². The van der Waals surface area contributed by atoms with Crippen molar-refractivity contribution < 1.29 is 17.9 Å². The monoisotopic (exact) mass is 374 g/mol. The molecule has 1 heterocycles. The molecule has 0 atom stereocenters. The normalized spacial score (nSPS) is 15.0. The fourth-order valence-corrected chi connectivity index (χ4v) is 3.63. The molecule has 2 aromatic carbocycles. The van der Waals surface area contributed by atoms with Crippen LogP contribution in [0.15, 0.2) is 53.4 Å². The van der Waals surface area contributed by atoms with E-state index in [9.17, 15) is 13.2 Å². The average Bonchev–Trinajstić information content (AvgIpc) is 2.67. The topological polar surface area (TPSA) is 66.9 Å². The van der Waals surface area contributed by atoms with Crippen molar-refractivity contribution in [1.29, 1.82) is 0 Å². The van der Waals surface area contributed by atoms with Crippen molar-refractivity contribution in [2.24, 2.45) is 0 Å². The molecule has 1 fully saturated rings. The molecule has 1 amide bonds. The minimum Gasteiger partial charge on any atom is -0.497 e. The average molecular weight is 374 g/mol. The Labute approximate surface area is 153 Å². The molecule has 0 saturated carbocycles. The molecule has 0 aliphatic carbocycles. The number of nitrogens with zero attached hydrogens (tertiary/aromatic N) is 2. The summed E-state index contributed by atoms with van der Waals surface area (Å²) in [6.45, 7) is 2.70. The Balaban J connectivity index is 1.65. The number of benzene rings is 2. The Morgan fingerprint density at radius 2 is 1.65 bits per heavy atom. The predicted octanol–water partition coefficient (Wildman–Crippen LogP) is 2.06. The molecule has 1 saturated heterocycles. The van der Waals surface area contributed by atoms with Gasteiger partial charge in [0.05, 0.1) is 12.0 Å². The van der Waals surface area contributed by atoms with Gasteiger partial charge in [0.1, 0.15) is 5.75 Å². The second-order valence-electron chi connectivity index (χ2n) is 6.28. The number of hydrogen-bond acceptors (Lipinski definition) is 5. The maximum absolute atomic E-state index is 12.6. The second-order valence-corrected chi connectivity index (χ2v) is 8.29. The second kappa shape index (κ2) is 7.37. The minimum absolute atomic E-state index is 0.0738. The largest absolute Gasteiger partial charge is 0.497 e. The van der Waals surface area contributed by atoms with E-state index in [0.29, 0.717) is 18.7 Å². The van der Waals surface area contributed by atoms with Gasteiger partial charge < -0.3 is 14.5 Å². The van der Waals surface area contributed by atoms with Crippen LogP contribution in [0.2, 0.25) is 0 Å². The van der Waals surface area contributed by atoms with E-state index in [1.54, 1.807) is 24.1 Å². The molecule has 7 heteroatoms. The number of rotatable bonds is 4. The number of sulfone groups is 1. The molecular weight excluding hydrogens is 352 g/mol. The van der Waals surface area contributed by atoms with Crippen molar-refractivity contribution in [3.63, 3.8) is 0 Å². The van der Waals surface area contributed by atoms with E-state index < -0.39 is 9.84 Å². The van der Waals surface area contributed by atoms with E-state index in [2.05, 4.69) is 4.90 Å². The highest BCUT2D eigenvalue weighted by Crippen LogP contribution is 2.22. The summed E-state index contributed by atoms with van der Waals surface area (Å²) in [6, 6.07) is 14.0. The van der Waals surface area contributed by atoms with Gasteiger partial charge in [-0.05, 0) is 36.4 Å². The first-order chi connectivity index (χ1) is 12.4. The molecular formula is C19H22N2O4S. The van der Waals surface area contributed by atoms with Gasteiger partial charge in [-0.3, -0.25) is 4.79 Å². The Morgan fingerprint density at radius 1 is 1.00 bits per heavy atom. The zero-order valence-electron chi connectivity index (χ0n) is 14.9. The van der Waals surface area contributed by atoms with Gasteiger partial charge >= 0.3 is 0 Å². The standard InChI is InChI=1S/C19H22N2O4S/c1-25-17-5-3-4-16(14-17)20-10-12-21(13-11-20)19(22)15-6-8-18(9-7-15)26(2,23)24/h3-9,14H,10-13H2,1-2H3. The summed E-state index contributed by atoms with van der Waals surface area (Å²) in [7, 11) is -1.61. The van der Waals surface area contributed by atoms with Crippen LogP contribution in [0, 0.1) is 0 Å². The molecule has 0 aromatic heterocycles. The maximum Gasteiger partial charge on any atom is 0.253 e. The molecule has 6 nitrogen and oxygen atoms in total. The third-order valence-electron chi connectivity index (χ3n) is 4.51. The highest BCUT2D eigenvalue weighted by atomic mass is 32.2. The smallest absolute Gasteiger partial charge is 0.253 e. The van der Waals surface area contributed by atoms with Crippen molar-refractivity contribution >= 4 is 21.4 Å². The van der Waals surface area contributed by atoms with Crippen LogP contribution >= 0.6 is 0 Å². The molecule has 0 bridgehead atoms. The van der Waals surface area contributed by atoms with Gasteiger partial charge in [-0.1, -0.05) is 6.07 Å². The molecule has 0 spiro atoms. The van der Waals surface area contributed by atoms with E-state index >= 15 is 0 Å². The molecule has 1 aliphatic rings. The summed E-state index contributed by atoms with van der Waals surface area (Å²) >= 11 is 0. The molecule has 0 radical (unpaired) electrons. The molecule has 1 aliphatic heterocycles. The highest BCUT2D eigenvalue weighted by Gasteiger charge is 2.22. The van der Waals surface area contributed by atoms with Gasteiger partial charge in [-0.25, -0.2) is 8.42 Å². The van der Waals surface area contributed by atoms with Crippen LogP contribution in [0.1, 0.15) is 10.4 Å².